The molecule has 0 unspecified atom stereocenters. The summed E-state index contributed by atoms with van der Waals surface area (Å²) in [5.41, 5.74) is 2.86. The molecule has 188 valence electrons. The third-order valence-electron chi connectivity index (χ3n) is 6.80. The van der Waals surface area contributed by atoms with Crippen LogP contribution in [0.3, 0.4) is 0 Å². The highest BCUT2D eigenvalue weighted by Crippen LogP contribution is 2.25. The van der Waals surface area contributed by atoms with Crippen molar-refractivity contribution < 1.29 is 9.59 Å². The van der Waals surface area contributed by atoms with Gasteiger partial charge in [0.25, 0.3) is 0 Å². The molecule has 0 heterocycles. The fourth-order valence-corrected chi connectivity index (χ4v) is 5.26. The molecule has 4 rings (SSSR count). The average Bonchev–Trinajstić information content (AvgIpc) is 3.40. The highest BCUT2D eigenvalue weighted by molar-refractivity contribution is 6.35. The van der Waals surface area contributed by atoms with Crippen molar-refractivity contribution >= 4 is 35.0 Å². The molecule has 0 aliphatic heterocycles. The van der Waals surface area contributed by atoms with Gasteiger partial charge in [0, 0.05) is 35.5 Å². The second-order valence-electron chi connectivity index (χ2n) is 9.44. The number of carbonyl (C=O) groups excluding carboxylic acids is 2. The molecule has 36 heavy (non-hydrogen) atoms. The summed E-state index contributed by atoms with van der Waals surface area (Å²) in [4.78, 5) is 29.1. The van der Waals surface area contributed by atoms with Crippen LogP contribution in [0.4, 0.5) is 0 Å². The minimum Gasteiger partial charge on any atom is -0.352 e. The molecular formula is C30H32Cl2N2O2. The average molecular weight is 524 g/mol. The lowest BCUT2D eigenvalue weighted by Crippen LogP contribution is -2.52. The molecule has 1 N–H and O–H groups in total. The Bertz CT molecular complexity index is 1150. The molecule has 3 aromatic carbocycles. The lowest BCUT2D eigenvalue weighted by Gasteiger charge is -2.32. The Morgan fingerprint density at radius 3 is 2.17 bits per heavy atom. The first-order valence-corrected chi connectivity index (χ1v) is 13.4. The van der Waals surface area contributed by atoms with Gasteiger partial charge in [-0.05, 0) is 48.1 Å². The summed E-state index contributed by atoms with van der Waals surface area (Å²) in [5, 5.41) is 4.25. The molecule has 4 nitrogen and oxygen atoms in total. The number of amides is 2. The third-order valence-corrected chi connectivity index (χ3v) is 7.39. The standard InChI is InChI=1S/C30H32Cl2N2O2/c31-25-17-16-24(27(32)20-25)21-34(29(35)18-15-22-9-3-1-4-10-22)28(19-23-11-5-2-6-12-23)30(36)33-26-13-7-8-14-26/h1-6,9-12,16-17,20,26,28H,7-8,13-15,18-19,21H2,(H,33,36)/t28-/m1/s1. The molecule has 3 aromatic rings. The van der Waals surface area contributed by atoms with Gasteiger partial charge in [0.1, 0.15) is 6.04 Å². The van der Waals surface area contributed by atoms with Crippen LogP contribution >= 0.6 is 23.2 Å². The minimum atomic E-state index is -0.650. The zero-order chi connectivity index (χ0) is 25.3. The van der Waals surface area contributed by atoms with E-state index in [0.29, 0.717) is 29.3 Å². The Kier molecular flexibility index (Phi) is 9.43. The van der Waals surface area contributed by atoms with E-state index in [1.807, 2.05) is 66.7 Å². The normalized spacial score (nSPS) is 14.4. The third kappa shape index (κ3) is 7.35. The SMILES string of the molecule is O=C(NC1CCCC1)[C@@H](Cc1ccccc1)N(Cc1ccc(Cl)cc1Cl)C(=O)CCc1ccccc1. The topological polar surface area (TPSA) is 49.4 Å². The molecule has 0 spiro atoms. The van der Waals surface area contributed by atoms with Gasteiger partial charge in [0.05, 0.1) is 0 Å². The van der Waals surface area contributed by atoms with Gasteiger partial charge in [-0.15, -0.1) is 0 Å². The Labute approximate surface area is 223 Å². The number of rotatable bonds is 10. The first-order chi connectivity index (χ1) is 17.5. The van der Waals surface area contributed by atoms with Crippen LogP contribution < -0.4 is 5.32 Å². The van der Waals surface area contributed by atoms with Crippen molar-refractivity contribution in [3.8, 4) is 0 Å². The van der Waals surface area contributed by atoms with E-state index in [9.17, 15) is 9.59 Å². The molecule has 1 atom stereocenters. The Morgan fingerprint density at radius 2 is 1.53 bits per heavy atom. The van der Waals surface area contributed by atoms with Crippen LogP contribution in [-0.2, 0) is 29.0 Å². The van der Waals surface area contributed by atoms with Gasteiger partial charge in [-0.3, -0.25) is 9.59 Å². The summed E-state index contributed by atoms with van der Waals surface area (Å²) in [6.07, 6.45) is 5.54. The monoisotopic (exact) mass is 522 g/mol. The van der Waals surface area contributed by atoms with Crippen molar-refractivity contribution in [2.75, 3.05) is 0 Å². The van der Waals surface area contributed by atoms with Crippen molar-refractivity contribution in [2.45, 2.75) is 63.6 Å². The lowest BCUT2D eigenvalue weighted by molar-refractivity contribution is -0.141. The second-order valence-corrected chi connectivity index (χ2v) is 10.3. The summed E-state index contributed by atoms with van der Waals surface area (Å²) in [6.45, 7) is 0.235. The van der Waals surface area contributed by atoms with E-state index in [0.717, 1.165) is 42.4 Å². The number of aryl methyl sites for hydroxylation is 1. The first-order valence-electron chi connectivity index (χ1n) is 12.6. The maximum absolute atomic E-state index is 13.7. The maximum atomic E-state index is 13.7. The zero-order valence-corrected chi connectivity index (χ0v) is 21.8. The number of hydrogen-bond acceptors (Lipinski definition) is 2. The van der Waals surface area contributed by atoms with E-state index >= 15 is 0 Å². The van der Waals surface area contributed by atoms with Gasteiger partial charge in [0.15, 0.2) is 0 Å². The number of nitrogens with one attached hydrogen (secondary N) is 1. The predicted molar refractivity (Wildman–Crippen MR) is 146 cm³/mol. The van der Waals surface area contributed by atoms with Crippen LogP contribution in [0.1, 0.15) is 48.8 Å². The summed E-state index contributed by atoms with van der Waals surface area (Å²) < 4.78 is 0. The van der Waals surface area contributed by atoms with Crippen LogP contribution in [0.15, 0.2) is 78.9 Å². The summed E-state index contributed by atoms with van der Waals surface area (Å²) >= 11 is 12.6. The van der Waals surface area contributed by atoms with Crippen LogP contribution in [0.5, 0.6) is 0 Å². The van der Waals surface area contributed by atoms with Crippen LogP contribution in [-0.4, -0.2) is 28.8 Å². The molecule has 0 radical (unpaired) electrons. The van der Waals surface area contributed by atoms with E-state index in [2.05, 4.69) is 5.32 Å². The van der Waals surface area contributed by atoms with E-state index in [-0.39, 0.29) is 24.4 Å². The molecule has 0 aromatic heterocycles. The number of hydrogen-bond donors (Lipinski definition) is 1. The largest absolute Gasteiger partial charge is 0.352 e. The second kappa shape index (κ2) is 12.9. The summed E-state index contributed by atoms with van der Waals surface area (Å²) in [7, 11) is 0. The molecule has 0 saturated heterocycles. The molecule has 1 aliphatic rings. The lowest BCUT2D eigenvalue weighted by atomic mass is 10.0. The smallest absolute Gasteiger partial charge is 0.243 e. The van der Waals surface area contributed by atoms with Crippen LogP contribution in [0.25, 0.3) is 0 Å². The fourth-order valence-electron chi connectivity index (χ4n) is 4.79. The van der Waals surface area contributed by atoms with Crippen LogP contribution in [0.2, 0.25) is 10.0 Å². The van der Waals surface area contributed by atoms with Gasteiger partial charge in [0.2, 0.25) is 11.8 Å². The predicted octanol–water partition coefficient (Wildman–Crippen LogP) is 6.62. The molecule has 1 saturated carbocycles. The van der Waals surface area contributed by atoms with Crippen molar-refractivity contribution in [2.24, 2.45) is 0 Å². The molecule has 0 bridgehead atoms. The van der Waals surface area contributed by atoms with Gasteiger partial charge in [-0.2, -0.15) is 0 Å². The molecule has 6 heteroatoms. The highest BCUT2D eigenvalue weighted by Gasteiger charge is 2.32. The quantitative estimate of drug-likeness (QED) is 0.325. The van der Waals surface area contributed by atoms with E-state index in [1.54, 1.807) is 17.0 Å². The van der Waals surface area contributed by atoms with Gasteiger partial charge >= 0.3 is 0 Å². The van der Waals surface area contributed by atoms with E-state index in [1.165, 1.54) is 0 Å². The Morgan fingerprint density at radius 1 is 0.889 bits per heavy atom. The summed E-state index contributed by atoms with van der Waals surface area (Å²) in [6, 6.07) is 24.6. The summed E-state index contributed by atoms with van der Waals surface area (Å²) in [5.74, 6) is -0.184. The van der Waals surface area contributed by atoms with Crippen molar-refractivity contribution in [1.82, 2.24) is 10.2 Å². The Balaban J connectivity index is 1.63. The minimum absolute atomic E-state index is 0.0765. The number of benzene rings is 3. The Hall–Kier alpha value is -2.82. The molecule has 1 fully saturated rings. The number of halogens is 2. The van der Waals surface area contributed by atoms with Crippen molar-refractivity contribution in [3.63, 3.8) is 0 Å². The van der Waals surface area contributed by atoms with Gasteiger partial charge in [-0.25, -0.2) is 0 Å². The maximum Gasteiger partial charge on any atom is 0.243 e. The fraction of sp³-hybridized carbons (Fsp3) is 0.333. The van der Waals surface area contributed by atoms with E-state index < -0.39 is 6.04 Å². The van der Waals surface area contributed by atoms with Crippen molar-refractivity contribution in [3.05, 3.63) is 106 Å². The molecule has 2 amide bonds. The number of nitrogens with zero attached hydrogens (tertiary/aromatic N) is 1. The first kappa shape index (κ1) is 26.2. The van der Waals surface area contributed by atoms with Gasteiger partial charge in [-0.1, -0.05) is 103 Å². The van der Waals surface area contributed by atoms with Gasteiger partial charge < -0.3 is 10.2 Å². The highest BCUT2D eigenvalue weighted by atomic mass is 35.5. The number of carbonyl (C=O) groups is 2. The zero-order valence-electron chi connectivity index (χ0n) is 20.3. The van der Waals surface area contributed by atoms with E-state index in [4.69, 9.17) is 23.2 Å². The molecule has 1 aliphatic carbocycles. The van der Waals surface area contributed by atoms with Crippen LogP contribution in [0, 0.1) is 0 Å². The molecular weight excluding hydrogens is 491 g/mol. The van der Waals surface area contributed by atoms with Crippen molar-refractivity contribution in [1.29, 1.82) is 0 Å².